The van der Waals surface area contributed by atoms with Crippen LogP contribution in [0, 0.1) is 0 Å². The van der Waals surface area contributed by atoms with E-state index in [4.69, 9.17) is 5.73 Å². The Kier molecular flexibility index (Phi) is 2.77. The number of hydrogen-bond acceptors (Lipinski definition) is 3. The number of aromatic amines is 1. The van der Waals surface area contributed by atoms with Crippen molar-refractivity contribution in [3.8, 4) is 11.4 Å². The number of carbonyl (C=O) groups is 1. The fourth-order valence-electron chi connectivity index (χ4n) is 1.42. The molecule has 0 radical (unpaired) electrons. The van der Waals surface area contributed by atoms with E-state index in [1.807, 2.05) is 0 Å². The molecule has 94 valence electrons. The smallest absolute Gasteiger partial charge is 0.364 e. The number of primary amides is 1. The van der Waals surface area contributed by atoms with Crippen molar-refractivity contribution in [1.82, 2.24) is 15.2 Å². The van der Waals surface area contributed by atoms with Gasteiger partial charge in [0.05, 0.1) is 11.3 Å². The molecule has 2 heterocycles. The number of H-pyrrole nitrogens is 1. The molecule has 0 atom stereocenters. The molecule has 0 aliphatic heterocycles. The first-order valence-corrected chi connectivity index (χ1v) is 4.77. The predicted molar refractivity (Wildman–Crippen MR) is 55.3 cm³/mol. The molecule has 2 aromatic heterocycles. The molecule has 0 aromatic carbocycles. The molecule has 5 nitrogen and oxygen atoms in total. The molecule has 1 amide bonds. The Hall–Kier alpha value is -2.38. The van der Waals surface area contributed by atoms with Crippen molar-refractivity contribution < 1.29 is 18.0 Å². The van der Waals surface area contributed by atoms with Crippen molar-refractivity contribution in [1.29, 1.82) is 0 Å². The number of pyridine rings is 1. The number of alkyl halides is 3. The van der Waals surface area contributed by atoms with Gasteiger partial charge in [-0.15, -0.1) is 0 Å². The number of carbonyl (C=O) groups excluding carboxylic acids is 1. The predicted octanol–water partition coefficient (Wildman–Crippen LogP) is 1.59. The van der Waals surface area contributed by atoms with E-state index in [0.717, 1.165) is 12.1 Å². The lowest BCUT2D eigenvalue weighted by Crippen LogP contribution is -2.11. The van der Waals surface area contributed by atoms with Crippen LogP contribution in [-0.4, -0.2) is 21.1 Å². The Morgan fingerprint density at radius 2 is 2.11 bits per heavy atom. The minimum Gasteiger partial charge on any atom is -0.364 e. The Morgan fingerprint density at radius 3 is 2.67 bits per heavy atom. The third-order valence-corrected chi connectivity index (χ3v) is 2.20. The van der Waals surface area contributed by atoms with Crippen LogP contribution in [0.4, 0.5) is 13.2 Å². The minimum absolute atomic E-state index is 0.0169. The van der Waals surface area contributed by atoms with Gasteiger partial charge in [0.2, 0.25) is 0 Å². The highest BCUT2D eigenvalue weighted by Gasteiger charge is 2.34. The van der Waals surface area contributed by atoms with Gasteiger partial charge in [-0.3, -0.25) is 14.9 Å². The zero-order chi connectivity index (χ0) is 13.3. The van der Waals surface area contributed by atoms with Gasteiger partial charge in [0.15, 0.2) is 0 Å². The number of hydrogen-bond donors (Lipinski definition) is 2. The molecule has 0 bridgehead atoms. The average molecular weight is 256 g/mol. The molecule has 0 aliphatic carbocycles. The van der Waals surface area contributed by atoms with Gasteiger partial charge in [-0.1, -0.05) is 0 Å². The van der Waals surface area contributed by atoms with Crippen LogP contribution in [0.2, 0.25) is 0 Å². The van der Waals surface area contributed by atoms with Crippen molar-refractivity contribution in [3.63, 3.8) is 0 Å². The fourth-order valence-corrected chi connectivity index (χ4v) is 1.42. The van der Waals surface area contributed by atoms with E-state index in [0.29, 0.717) is 0 Å². The molecular weight excluding hydrogens is 249 g/mol. The van der Waals surface area contributed by atoms with E-state index in [1.54, 1.807) is 0 Å². The van der Waals surface area contributed by atoms with E-state index >= 15 is 0 Å². The molecule has 0 fully saturated rings. The van der Waals surface area contributed by atoms with Gasteiger partial charge in [0, 0.05) is 6.20 Å². The Balaban J connectivity index is 2.53. The van der Waals surface area contributed by atoms with Crippen molar-refractivity contribution in [2.24, 2.45) is 5.73 Å². The van der Waals surface area contributed by atoms with Gasteiger partial charge in [-0.25, -0.2) is 0 Å². The van der Waals surface area contributed by atoms with Crippen molar-refractivity contribution in [3.05, 3.63) is 35.7 Å². The summed E-state index contributed by atoms with van der Waals surface area (Å²) in [5.41, 5.74) is 3.56. The van der Waals surface area contributed by atoms with Crippen molar-refractivity contribution >= 4 is 5.91 Å². The number of amides is 1. The SMILES string of the molecule is NC(=O)c1cc(-c2ncccc2C(F)(F)F)[nH]n1. The topological polar surface area (TPSA) is 84.7 Å². The highest BCUT2D eigenvalue weighted by Crippen LogP contribution is 2.34. The molecule has 18 heavy (non-hydrogen) atoms. The third-order valence-electron chi connectivity index (χ3n) is 2.20. The standard InChI is InChI=1S/C10H7F3N4O/c11-10(12,13)5-2-1-3-15-8(5)6-4-7(9(14)18)17-16-6/h1-4H,(H2,14,18)(H,16,17). The molecule has 0 unspecified atom stereocenters. The summed E-state index contributed by atoms with van der Waals surface area (Å²) in [5, 5.41) is 5.81. The van der Waals surface area contributed by atoms with Crippen LogP contribution in [0.15, 0.2) is 24.4 Å². The number of nitrogens with two attached hydrogens (primary N) is 1. The normalized spacial score (nSPS) is 11.5. The monoisotopic (exact) mass is 256 g/mol. The second-order valence-corrected chi connectivity index (χ2v) is 3.43. The summed E-state index contributed by atoms with van der Waals surface area (Å²) in [5.74, 6) is -0.831. The van der Waals surface area contributed by atoms with Gasteiger partial charge in [0.25, 0.3) is 5.91 Å². The maximum absolute atomic E-state index is 12.7. The maximum Gasteiger partial charge on any atom is 0.418 e. The first-order valence-electron chi connectivity index (χ1n) is 4.77. The van der Waals surface area contributed by atoms with Crippen LogP contribution >= 0.6 is 0 Å². The number of nitrogens with one attached hydrogen (secondary N) is 1. The summed E-state index contributed by atoms with van der Waals surface area (Å²) in [7, 11) is 0. The molecule has 3 N–H and O–H groups in total. The van der Waals surface area contributed by atoms with Gasteiger partial charge in [0.1, 0.15) is 11.4 Å². The van der Waals surface area contributed by atoms with Crippen LogP contribution in [0.25, 0.3) is 11.4 Å². The van der Waals surface area contributed by atoms with E-state index in [-0.39, 0.29) is 17.1 Å². The van der Waals surface area contributed by atoms with Gasteiger partial charge < -0.3 is 5.73 Å². The summed E-state index contributed by atoms with van der Waals surface area (Å²) < 4.78 is 38.2. The van der Waals surface area contributed by atoms with Crippen LogP contribution in [0.5, 0.6) is 0 Å². The number of rotatable bonds is 2. The van der Waals surface area contributed by atoms with Crippen LogP contribution in [0.1, 0.15) is 16.1 Å². The lowest BCUT2D eigenvalue weighted by Gasteiger charge is -2.09. The molecule has 0 spiro atoms. The first kappa shape index (κ1) is 12.1. The zero-order valence-electron chi connectivity index (χ0n) is 8.82. The second kappa shape index (κ2) is 4.13. The lowest BCUT2D eigenvalue weighted by atomic mass is 10.1. The molecule has 8 heteroatoms. The molecule has 0 aliphatic rings. The quantitative estimate of drug-likeness (QED) is 0.855. The largest absolute Gasteiger partial charge is 0.418 e. The molecular formula is C10H7F3N4O. The summed E-state index contributed by atoms with van der Waals surface area (Å²) in [6.45, 7) is 0. The summed E-state index contributed by atoms with van der Waals surface area (Å²) >= 11 is 0. The van der Waals surface area contributed by atoms with Crippen LogP contribution in [0.3, 0.4) is 0 Å². The molecule has 0 saturated carbocycles. The number of halogens is 3. The first-order chi connectivity index (χ1) is 8.39. The minimum atomic E-state index is -4.54. The number of nitrogens with zero attached hydrogens (tertiary/aromatic N) is 2. The molecule has 0 saturated heterocycles. The molecule has 2 aromatic rings. The van der Waals surface area contributed by atoms with E-state index < -0.39 is 17.6 Å². The van der Waals surface area contributed by atoms with Gasteiger partial charge >= 0.3 is 6.18 Å². The summed E-state index contributed by atoms with van der Waals surface area (Å²) in [6, 6.07) is 3.20. The van der Waals surface area contributed by atoms with E-state index in [1.165, 1.54) is 12.3 Å². The Morgan fingerprint density at radius 1 is 1.39 bits per heavy atom. The summed E-state index contributed by atoms with van der Waals surface area (Å²) in [6.07, 6.45) is -3.32. The lowest BCUT2D eigenvalue weighted by molar-refractivity contribution is -0.137. The third kappa shape index (κ3) is 2.17. The molecule has 2 rings (SSSR count). The highest BCUT2D eigenvalue weighted by molar-refractivity contribution is 5.91. The van der Waals surface area contributed by atoms with Crippen molar-refractivity contribution in [2.45, 2.75) is 6.18 Å². The van der Waals surface area contributed by atoms with Crippen LogP contribution < -0.4 is 5.73 Å². The second-order valence-electron chi connectivity index (χ2n) is 3.43. The highest BCUT2D eigenvalue weighted by atomic mass is 19.4. The van der Waals surface area contributed by atoms with Crippen LogP contribution in [-0.2, 0) is 6.18 Å². The maximum atomic E-state index is 12.7. The Bertz CT molecular complexity index is 591. The summed E-state index contributed by atoms with van der Waals surface area (Å²) in [4.78, 5) is 14.5. The van der Waals surface area contributed by atoms with E-state index in [9.17, 15) is 18.0 Å². The fraction of sp³-hybridized carbons (Fsp3) is 0.100. The average Bonchev–Trinajstić information content (AvgIpc) is 2.77. The number of aromatic nitrogens is 3. The zero-order valence-corrected chi connectivity index (χ0v) is 8.82. The van der Waals surface area contributed by atoms with E-state index in [2.05, 4.69) is 15.2 Å². The van der Waals surface area contributed by atoms with Gasteiger partial charge in [-0.2, -0.15) is 18.3 Å². The van der Waals surface area contributed by atoms with Gasteiger partial charge in [-0.05, 0) is 18.2 Å². The Labute approximate surface area is 98.8 Å². The van der Waals surface area contributed by atoms with Crippen molar-refractivity contribution in [2.75, 3.05) is 0 Å².